The van der Waals surface area contributed by atoms with E-state index in [0.717, 1.165) is 46.2 Å². The highest BCUT2D eigenvalue weighted by molar-refractivity contribution is 9.10. The third kappa shape index (κ3) is 3.34. The van der Waals surface area contributed by atoms with Gasteiger partial charge in [-0.15, -0.1) is 0 Å². The second-order valence-corrected chi connectivity index (χ2v) is 6.87. The van der Waals surface area contributed by atoms with Gasteiger partial charge in [0.25, 0.3) is 0 Å². The van der Waals surface area contributed by atoms with Crippen molar-refractivity contribution >= 4 is 38.2 Å². The lowest BCUT2D eigenvalue weighted by molar-refractivity contribution is -0.0366. The summed E-state index contributed by atoms with van der Waals surface area (Å²) < 4.78 is 14.0. The van der Waals surface area contributed by atoms with E-state index in [-0.39, 0.29) is 6.23 Å². The summed E-state index contributed by atoms with van der Waals surface area (Å²) in [6, 6.07) is 7.92. The van der Waals surface area contributed by atoms with Crippen molar-refractivity contribution in [2.45, 2.75) is 25.5 Å². The lowest BCUT2D eigenvalue weighted by Gasteiger charge is -2.23. The van der Waals surface area contributed by atoms with E-state index in [1.165, 1.54) is 6.42 Å². The first kappa shape index (κ1) is 16.4. The van der Waals surface area contributed by atoms with E-state index in [4.69, 9.17) is 9.47 Å². The Morgan fingerprint density at radius 3 is 3.04 bits per heavy atom. The number of anilines is 2. The average molecular weight is 403 g/mol. The molecule has 0 bridgehead atoms. The molecule has 1 saturated heterocycles. The summed E-state index contributed by atoms with van der Waals surface area (Å²) in [5.74, 6) is 0.574. The number of halogens is 1. The molecule has 1 unspecified atom stereocenters. The smallest absolute Gasteiger partial charge is 0.214 e. The molecule has 2 aromatic heterocycles. The van der Waals surface area contributed by atoms with Crippen LogP contribution in [0.5, 0.6) is 5.88 Å². The molecule has 1 N–H and O–H groups in total. The van der Waals surface area contributed by atoms with Gasteiger partial charge in [0, 0.05) is 34.4 Å². The zero-order valence-electron chi connectivity index (χ0n) is 13.9. The zero-order chi connectivity index (χ0) is 17.2. The quantitative estimate of drug-likeness (QED) is 0.688. The van der Waals surface area contributed by atoms with Gasteiger partial charge < -0.3 is 14.8 Å². The van der Waals surface area contributed by atoms with E-state index >= 15 is 0 Å². The molecule has 0 radical (unpaired) electrons. The van der Waals surface area contributed by atoms with Gasteiger partial charge >= 0.3 is 0 Å². The normalized spacial score (nSPS) is 17.6. The summed E-state index contributed by atoms with van der Waals surface area (Å²) in [5, 5.41) is 9.01. The van der Waals surface area contributed by atoms with Crippen LogP contribution in [0, 0.1) is 0 Å². The van der Waals surface area contributed by atoms with Crippen molar-refractivity contribution < 1.29 is 9.47 Å². The Balaban J connectivity index is 1.65. The molecule has 1 aromatic carbocycles. The number of benzene rings is 1. The summed E-state index contributed by atoms with van der Waals surface area (Å²) in [6.07, 6.45) is 6.94. The van der Waals surface area contributed by atoms with Gasteiger partial charge in [0.1, 0.15) is 0 Å². The van der Waals surface area contributed by atoms with Crippen molar-refractivity contribution in [1.82, 2.24) is 14.8 Å². The molecular formula is C18H19BrN4O2. The highest BCUT2D eigenvalue weighted by Crippen LogP contribution is 2.33. The second-order valence-electron chi connectivity index (χ2n) is 6.01. The fourth-order valence-electron chi connectivity index (χ4n) is 3.06. The molecule has 0 aliphatic carbocycles. The van der Waals surface area contributed by atoms with Gasteiger partial charge in [-0.05, 0) is 53.4 Å². The van der Waals surface area contributed by atoms with E-state index in [1.54, 1.807) is 13.3 Å². The van der Waals surface area contributed by atoms with Crippen molar-refractivity contribution in [3.05, 3.63) is 41.1 Å². The first-order valence-corrected chi connectivity index (χ1v) is 9.09. The van der Waals surface area contributed by atoms with Crippen molar-refractivity contribution in [3.63, 3.8) is 0 Å². The fraction of sp³-hybridized carbons (Fsp3) is 0.333. The third-order valence-corrected chi connectivity index (χ3v) is 4.99. The number of pyridine rings is 1. The Bertz CT molecular complexity index is 890. The molecule has 4 rings (SSSR count). The molecule has 1 aliphatic heterocycles. The molecule has 130 valence electrons. The molecule has 3 aromatic rings. The topological polar surface area (TPSA) is 61.2 Å². The zero-order valence-corrected chi connectivity index (χ0v) is 15.5. The molecule has 0 amide bonds. The van der Waals surface area contributed by atoms with Gasteiger partial charge in [-0.25, -0.2) is 9.67 Å². The third-order valence-electron chi connectivity index (χ3n) is 4.34. The summed E-state index contributed by atoms with van der Waals surface area (Å²) in [6.45, 7) is 0.802. The van der Waals surface area contributed by atoms with Gasteiger partial charge in [0.05, 0.1) is 24.5 Å². The molecule has 0 saturated carbocycles. The molecule has 3 heterocycles. The molecule has 0 spiro atoms. The number of ether oxygens (including phenoxy) is 2. The number of methoxy groups -OCH3 is 1. The molecule has 1 aliphatic rings. The van der Waals surface area contributed by atoms with Crippen LogP contribution in [0.4, 0.5) is 11.4 Å². The van der Waals surface area contributed by atoms with Gasteiger partial charge in [0.2, 0.25) is 5.88 Å². The average Bonchev–Trinajstić information content (AvgIpc) is 3.05. The first-order valence-electron chi connectivity index (χ1n) is 8.30. The summed E-state index contributed by atoms with van der Waals surface area (Å²) in [5.41, 5.74) is 2.94. The highest BCUT2D eigenvalue weighted by atomic mass is 79.9. The van der Waals surface area contributed by atoms with Crippen LogP contribution in [0.25, 0.3) is 10.9 Å². The maximum Gasteiger partial charge on any atom is 0.214 e. The largest absolute Gasteiger partial charge is 0.481 e. The lowest BCUT2D eigenvalue weighted by atomic mass is 10.2. The number of aromatic nitrogens is 3. The maximum absolute atomic E-state index is 5.87. The van der Waals surface area contributed by atoms with E-state index < -0.39 is 0 Å². The molecule has 7 heteroatoms. The summed E-state index contributed by atoms with van der Waals surface area (Å²) in [7, 11) is 1.61. The molecule has 25 heavy (non-hydrogen) atoms. The minimum absolute atomic E-state index is 0.0291. The molecule has 1 atom stereocenters. The van der Waals surface area contributed by atoms with E-state index in [2.05, 4.69) is 43.5 Å². The van der Waals surface area contributed by atoms with Crippen LogP contribution in [0.2, 0.25) is 0 Å². The minimum Gasteiger partial charge on any atom is -0.481 e. The van der Waals surface area contributed by atoms with Crippen LogP contribution in [0.1, 0.15) is 25.5 Å². The van der Waals surface area contributed by atoms with Crippen molar-refractivity contribution in [2.24, 2.45) is 0 Å². The number of rotatable bonds is 4. The Morgan fingerprint density at radius 1 is 1.32 bits per heavy atom. The molecular weight excluding hydrogens is 384 g/mol. The van der Waals surface area contributed by atoms with Crippen LogP contribution in [0.3, 0.4) is 0 Å². The Labute approximate surface area is 154 Å². The number of hydrogen-bond acceptors (Lipinski definition) is 5. The van der Waals surface area contributed by atoms with Gasteiger partial charge in [-0.3, -0.25) is 0 Å². The number of nitrogens with one attached hydrogen (secondary N) is 1. The number of nitrogens with zero attached hydrogens (tertiary/aromatic N) is 3. The minimum atomic E-state index is 0.0291. The van der Waals surface area contributed by atoms with E-state index in [0.29, 0.717) is 5.88 Å². The van der Waals surface area contributed by atoms with E-state index in [1.807, 2.05) is 23.0 Å². The molecule has 6 nitrogen and oxygen atoms in total. The second kappa shape index (κ2) is 7.01. The SMILES string of the molecule is COc1cc(Nc2cc3cnn(C4CCCCO4)c3cc2Br)ccn1. The van der Waals surface area contributed by atoms with Crippen LogP contribution in [0.15, 0.2) is 41.1 Å². The highest BCUT2D eigenvalue weighted by Gasteiger charge is 2.19. The van der Waals surface area contributed by atoms with Gasteiger partial charge in [-0.2, -0.15) is 5.10 Å². The Morgan fingerprint density at radius 2 is 2.24 bits per heavy atom. The summed E-state index contributed by atoms with van der Waals surface area (Å²) >= 11 is 3.66. The Hall–Kier alpha value is -2.12. The van der Waals surface area contributed by atoms with Crippen LogP contribution in [-0.2, 0) is 4.74 Å². The first-order chi connectivity index (χ1) is 12.2. The predicted molar refractivity (Wildman–Crippen MR) is 100 cm³/mol. The van der Waals surface area contributed by atoms with Crippen LogP contribution >= 0.6 is 15.9 Å². The van der Waals surface area contributed by atoms with Crippen LogP contribution < -0.4 is 10.1 Å². The van der Waals surface area contributed by atoms with Crippen molar-refractivity contribution in [2.75, 3.05) is 19.0 Å². The molecule has 1 fully saturated rings. The monoisotopic (exact) mass is 402 g/mol. The van der Waals surface area contributed by atoms with Gasteiger partial charge in [-0.1, -0.05) is 0 Å². The van der Waals surface area contributed by atoms with E-state index in [9.17, 15) is 0 Å². The van der Waals surface area contributed by atoms with Gasteiger partial charge in [0.15, 0.2) is 6.23 Å². The standard InChI is InChI=1S/C18H19BrN4O2/c1-24-17-9-13(5-6-20-17)22-15-8-12-11-21-23(16(12)10-14(15)19)18-4-2-3-7-25-18/h5-6,8-11,18H,2-4,7H2,1H3,(H,20,22). The summed E-state index contributed by atoms with van der Waals surface area (Å²) in [4.78, 5) is 4.13. The van der Waals surface area contributed by atoms with Crippen LogP contribution in [-0.4, -0.2) is 28.5 Å². The number of hydrogen-bond donors (Lipinski definition) is 1. The predicted octanol–water partition coefficient (Wildman–Crippen LogP) is 4.65. The fourth-order valence-corrected chi connectivity index (χ4v) is 3.49. The number of fused-ring (bicyclic) bond motifs is 1. The Kier molecular flexibility index (Phi) is 4.59. The maximum atomic E-state index is 5.87. The van der Waals surface area contributed by atoms with Crippen molar-refractivity contribution in [3.8, 4) is 5.88 Å². The van der Waals surface area contributed by atoms with Crippen molar-refractivity contribution in [1.29, 1.82) is 0 Å². The lowest BCUT2D eigenvalue weighted by Crippen LogP contribution is -2.18.